The number of carbonyl (C=O) groups excluding carboxylic acids is 1. The van der Waals surface area contributed by atoms with Crippen LogP contribution in [-0.2, 0) is 16.0 Å². The monoisotopic (exact) mass is 274 g/mol. The molecule has 1 aromatic carbocycles. The first-order valence-electron chi connectivity index (χ1n) is 6.66. The fraction of sp³-hybridized carbons (Fsp3) is 0.333. The van der Waals surface area contributed by atoms with Crippen molar-refractivity contribution in [2.24, 2.45) is 0 Å². The van der Waals surface area contributed by atoms with Gasteiger partial charge in [-0.15, -0.1) is 0 Å². The van der Waals surface area contributed by atoms with Gasteiger partial charge in [0.1, 0.15) is 6.54 Å². The maximum absolute atomic E-state index is 12.2. The lowest BCUT2D eigenvalue weighted by molar-refractivity contribution is -0.144. The van der Waals surface area contributed by atoms with E-state index in [1.54, 1.807) is 0 Å². The lowest BCUT2D eigenvalue weighted by atomic mass is 10.1. The number of amides is 1. The highest BCUT2D eigenvalue weighted by Gasteiger charge is 2.17. The average Bonchev–Trinajstić information content (AvgIpc) is 2.81. The molecule has 1 heterocycles. The minimum Gasteiger partial charge on any atom is -0.480 e. The summed E-state index contributed by atoms with van der Waals surface area (Å²) >= 11 is 0. The number of benzene rings is 1. The van der Waals surface area contributed by atoms with Gasteiger partial charge in [-0.05, 0) is 18.1 Å². The molecular formula is C15H18N2O3. The Morgan fingerprint density at radius 3 is 2.75 bits per heavy atom. The van der Waals surface area contributed by atoms with Crippen molar-refractivity contribution in [2.45, 2.75) is 19.8 Å². The van der Waals surface area contributed by atoms with Crippen LogP contribution in [0.1, 0.15) is 18.9 Å². The van der Waals surface area contributed by atoms with Crippen molar-refractivity contribution in [3.8, 4) is 0 Å². The molecule has 0 radical (unpaired) electrons. The third kappa shape index (κ3) is 3.17. The van der Waals surface area contributed by atoms with E-state index in [4.69, 9.17) is 5.11 Å². The Kier molecular flexibility index (Phi) is 4.40. The third-order valence-electron chi connectivity index (χ3n) is 3.19. The predicted molar refractivity (Wildman–Crippen MR) is 76.5 cm³/mol. The SMILES string of the molecule is CCCN(CC(=O)O)C(=O)Cc1c[nH]c2ccccc12. The van der Waals surface area contributed by atoms with Gasteiger partial charge in [-0.3, -0.25) is 9.59 Å². The Balaban J connectivity index is 2.14. The van der Waals surface area contributed by atoms with Gasteiger partial charge in [-0.1, -0.05) is 25.1 Å². The number of H-pyrrole nitrogens is 1. The van der Waals surface area contributed by atoms with Gasteiger partial charge in [-0.2, -0.15) is 0 Å². The van der Waals surface area contributed by atoms with Crippen molar-refractivity contribution >= 4 is 22.8 Å². The maximum atomic E-state index is 12.2. The molecule has 0 saturated carbocycles. The molecule has 0 saturated heterocycles. The summed E-state index contributed by atoms with van der Waals surface area (Å²) in [6.45, 7) is 2.15. The van der Waals surface area contributed by atoms with E-state index in [9.17, 15) is 9.59 Å². The Hall–Kier alpha value is -2.30. The second kappa shape index (κ2) is 6.23. The molecule has 0 aliphatic heterocycles. The van der Waals surface area contributed by atoms with E-state index in [1.807, 2.05) is 37.4 Å². The Morgan fingerprint density at radius 2 is 2.05 bits per heavy atom. The minimum atomic E-state index is -0.981. The topological polar surface area (TPSA) is 73.4 Å². The molecule has 5 nitrogen and oxygen atoms in total. The molecule has 2 rings (SSSR count). The van der Waals surface area contributed by atoms with Gasteiger partial charge in [-0.25, -0.2) is 0 Å². The number of hydrogen-bond acceptors (Lipinski definition) is 2. The summed E-state index contributed by atoms with van der Waals surface area (Å²) in [7, 11) is 0. The lowest BCUT2D eigenvalue weighted by Gasteiger charge is -2.19. The summed E-state index contributed by atoms with van der Waals surface area (Å²) in [4.78, 5) is 27.5. The molecule has 1 aromatic heterocycles. The Bertz CT molecular complexity index is 618. The molecule has 1 amide bonds. The van der Waals surface area contributed by atoms with E-state index in [1.165, 1.54) is 4.90 Å². The van der Waals surface area contributed by atoms with Crippen LogP contribution >= 0.6 is 0 Å². The average molecular weight is 274 g/mol. The molecule has 20 heavy (non-hydrogen) atoms. The van der Waals surface area contributed by atoms with Crippen LogP contribution in [0.15, 0.2) is 30.5 Å². The summed E-state index contributed by atoms with van der Waals surface area (Å²) in [6.07, 6.45) is 2.78. The number of rotatable bonds is 6. The predicted octanol–water partition coefficient (Wildman–Crippen LogP) is 2.03. The van der Waals surface area contributed by atoms with Gasteiger partial charge < -0.3 is 15.0 Å². The van der Waals surface area contributed by atoms with Crippen LogP contribution in [0.4, 0.5) is 0 Å². The molecule has 0 aliphatic carbocycles. The number of aromatic nitrogens is 1. The summed E-state index contributed by atoms with van der Waals surface area (Å²) in [5.74, 6) is -1.13. The van der Waals surface area contributed by atoms with E-state index in [-0.39, 0.29) is 18.9 Å². The quantitative estimate of drug-likeness (QED) is 0.846. The van der Waals surface area contributed by atoms with Crippen molar-refractivity contribution in [1.82, 2.24) is 9.88 Å². The van der Waals surface area contributed by atoms with Crippen molar-refractivity contribution in [3.05, 3.63) is 36.0 Å². The van der Waals surface area contributed by atoms with Gasteiger partial charge in [0.05, 0.1) is 6.42 Å². The third-order valence-corrected chi connectivity index (χ3v) is 3.19. The number of carbonyl (C=O) groups is 2. The number of aromatic amines is 1. The van der Waals surface area contributed by atoms with Crippen LogP contribution in [0.5, 0.6) is 0 Å². The first-order valence-corrected chi connectivity index (χ1v) is 6.66. The van der Waals surface area contributed by atoms with Crippen LogP contribution in [0, 0.1) is 0 Å². The highest BCUT2D eigenvalue weighted by atomic mass is 16.4. The van der Waals surface area contributed by atoms with Gasteiger partial charge in [0.15, 0.2) is 0 Å². The van der Waals surface area contributed by atoms with Gasteiger partial charge in [0.25, 0.3) is 0 Å². The van der Waals surface area contributed by atoms with E-state index in [0.717, 1.165) is 22.9 Å². The first-order chi connectivity index (χ1) is 9.61. The molecule has 106 valence electrons. The maximum Gasteiger partial charge on any atom is 0.323 e. The molecule has 0 bridgehead atoms. The number of aliphatic carboxylic acids is 1. The van der Waals surface area contributed by atoms with Crippen LogP contribution in [0.3, 0.4) is 0 Å². The Morgan fingerprint density at radius 1 is 1.30 bits per heavy atom. The zero-order chi connectivity index (χ0) is 14.5. The molecule has 0 spiro atoms. The molecule has 0 atom stereocenters. The minimum absolute atomic E-state index is 0.154. The highest BCUT2D eigenvalue weighted by Crippen LogP contribution is 2.18. The van der Waals surface area contributed by atoms with Crippen LogP contribution < -0.4 is 0 Å². The number of carboxylic acids is 1. The van der Waals surface area contributed by atoms with Crippen LogP contribution in [0.2, 0.25) is 0 Å². The van der Waals surface area contributed by atoms with Crippen molar-refractivity contribution in [2.75, 3.05) is 13.1 Å². The standard InChI is InChI=1S/C15H18N2O3/c1-2-7-17(10-15(19)20)14(18)8-11-9-16-13-6-4-3-5-12(11)13/h3-6,9,16H,2,7-8,10H2,1H3,(H,19,20). The van der Waals surface area contributed by atoms with Crippen LogP contribution in [0.25, 0.3) is 10.9 Å². The zero-order valence-electron chi connectivity index (χ0n) is 11.4. The Labute approximate surface area is 117 Å². The lowest BCUT2D eigenvalue weighted by Crippen LogP contribution is -2.37. The number of nitrogens with one attached hydrogen (secondary N) is 1. The van der Waals surface area contributed by atoms with E-state index in [2.05, 4.69) is 4.98 Å². The second-order valence-corrected chi connectivity index (χ2v) is 4.75. The smallest absolute Gasteiger partial charge is 0.323 e. The van der Waals surface area contributed by atoms with Crippen molar-refractivity contribution < 1.29 is 14.7 Å². The summed E-state index contributed by atoms with van der Waals surface area (Å²) in [5.41, 5.74) is 1.88. The molecular weight excluding hydrogens is 256 g/mol. The van der Waals surface area contributed by atoms with Crippen LogP contribution in [-0.4, -0.2) is 40.0 Å². The fourth-order valence-electron chi connectivity index (χ4n) is 2.28. The van der Waals surface area contributed by atoms with Gasteiger partial charge in [0, 0.05) is 23.6 Å². The van der Waals surface area contributed by atoms with E-state index < -0.39 is 5.97 Å². The molecule has 2 N–H and O–H groups in total. The number of nitrogens with zero attached hydrogens (tertiary/aromatic N) is 1. The number of hydrogen-bond donors (Lipinski definition) is 2. The summed E-state index contributed by atoms with van der Waals surface area (Å²) in [5, 5.41) is 9.86. The molecule has 2 aromatic rings. The first kappa shape index (κ1) is 14.1. The summed E-state index contributed by atoms with van der Waals surface area (Å²) in [6, 6.07) is 7.75. The summed E-state index contributed by atoms with van der Waals surface area (Å²) < 4.78 is 0. The van der Waals surface area contributed by atoms with E-state index >= 15 is 0 Å². The zero-order valence-corrected chi connectivity index (χ0v) is 11.4. The molecule has 0 fully saturated rings. The van der Waals surface area contributed by atoms with Crippen molar-refractivity contribution in [3.63, 3.8) is 0 Å². The van der Waals surface area contributed by atoms with Gasteiger partial charge >= 0.3 is 5.97 Å². The highest BCUT2D eigenvalue weighted by molar-refractivity contribution is 5.89. The van der Waals surface area contributed by atoms with E-state index in [0.29, 0.717) is 6.54 Å². The number of carboxylic acid groups (broad SMARTS) is 1. The number of para-hydroxylation sites is 1. The normalized spacial score (nSPS) is 10.7. The molecule has 0 aliphatic rings. The number of fused-ring (bicyclic) bond motifs is 1. The molecule has 5 heteroatoms. The largest absolute Gasteiger partial charge is 0.480 e. The fourth-order valence-corrected chi connectivity index (χ4v) is 2.28. The van der Waals surface area contributed by atoms with Crippen molar-refractivity contribution in [1.29, 1.82) is 0 Å². The second-order valence-electron chi connectivity index (χ2n) is 4.75. The molecule has 0 unspecified atom stereocenters. The van der Waals surface area contributed by atoms with Gasteiger partial charge in [0.2, 0.25) is 5.91 Å².